The fourth-order valence-corrected chi connectivity index (χ4v) is 3.97. The molecule has 8 heteroatoms. The molecule has 1 saturated heterocycles. The van der Waals surface area contributed by atoms with Gasteiger partial charge in [0, 0.05) is 37.6 Å². The molecule has 2 amide bonds. The van der Waals surface area contributed by atoms with Crippen LogP contribution in [-0.4, -0.2) is 61.9 Å². The number of carbonyl (C=O) groups excluding carboxylic acids is 2. The number of aliphatic imine (C=N–C) groups is 1. The highest BCUT2D eigenvalue weighted by Gasteiger charge is 2.42. The van der Waals surface area contributed by atoms with E-state index in [0.717, 1.165) is 5.56 Å². The highest BCUT2D eigenvalue weighted by atomic mass is 16.5. The topological polar surface area (TPSA) is 92.3 Å². The van der Waals surface area contributed by atoms with E-state index in [2.05, 4.69) is 15.5 Å². The molecule has 0 saturated carbocycles. The summed E-state index contributed by atoms with van der Waals surface area (Å²) in [6, 6.07) is 14.8. The number of amides is 2. The standard InChI is InChI=1S/C23H26N4O4/c1-30-17-8-9-18(19(14-17)31-2)24-20(28)15-27-12-10-23(11-13-27)25-21(22(29)26-23)16-6-4-3-5-7-16/h3-9,14H,10-13,15H2,1-2H3,(H,24,28)(H,26,29). The minimum absolute atomic E-state index is 0.122. The van der Waals surface area contributed by atoms with Crippen molar-refractivity contribution in [2.45, 2.75) is 18.5 Å². The number of piperidine rings is 1. The van der Waals surface area contributed by atoms with Gasteiger partial charge in [-0.1, -0.05) is 30.3 Å². The summed E-state index contributed by atoms with van der Waals surface area (Å²) in [4.78, 5) is 31.9. The van der Waals surface area contributed by atoms with E-state index in [1.807, 2.05) is 30.3 Å². The lowest BCUT2D eigenvalue weighted by molar-refractivity contribution is -0.119. The molecular formula is C23H26N4O4. The summed E-state index contributed by atoms with van der Waals surface area (Å²) < 4.78 is 10.5. The second-order valence-electron chi connectivity index (χ2n) is 7.70. The molecule has 0 atom stereocenters. The molecule has 2 aliphatic heterocycles. The largest absolute Gasteiger partial charge is 0.497 e. The van der Waals surface area contributed by atoms with Crippen LogP contribution >= 0.6 is 0 Å². The number of nitrogens with zero attached hydrogens (tertiary/aromatic N) is 2. The van der Waals surface area contributed by atoms with Gasteiger partial charge in [0.15, 0.2) is 0 Å². The summed E-state index contributed by atoms with van der Waals surface area (Å²) in [5.74, 6) is 0.944. The summed E-state index contributed by atoms with van der Waals surface area (Å²) >= 11 is 0. The van der Waals surface area contributed by atoms with Crippen LogP contribution in [-0.2, 0) is 9.59 Å². The number of rotatable bonds is 6. The predicted octanol–water partition coefficient (Wildman–Crippen LogP) is 2.05. The van der Waals surface area contributed by atoms with Crippen LogP contribution in [0.4, 0.5) is 5.69 Å². The quantitative estimate of drug-likeness (QED) is 0.744. The molecule has 4 rings (SSSR count). The van der Waals surface area contributed by atoms with Crippen LogP contribution in [0.25, 0.3) is 0 Å². The Hall–Kier alpha value is -3.39. The van der Waals surface area contributed by atoms with Gasteiger partial charge in [-0.15, -0.1) is 0 Å². The Kier molecular flexibility index (Phi) is 5.90. The first kappa shape index (κ1) is 20.9. The molecule has 2 N–H and O–H groups in total. The third kappa shape index (κ3) is 4.54. The van der Waals surface area contributed by atoms with Crippen molar-refractivity contribution < 1.29 is 19.1 Å². The van der Waals surface area contributed by atoms with Crippen LogP contribution < -0.4 is 20.1 Å². The smallest absolute Gasteiger partial charge is 0.272 e. The number of benzene rings is 2. The lowest BCUT2D eigenvalue weighted by Gasteiger charge is -2.36. The second-order valence-corrected chi connectivity index (χ2v) is 7.70. The van der Waals surface area contributed by atoms with Gasteiger partial charge in [-0.3, -0.25) is 19.5 Å². The fraction of sp³-hybridized carbons (Fsp3) is 0.348. The van der Waals surface area contributed by atoms with E-state index < -0.39 is 5.66 Å². The van der Waals surface area contributed by atoms with Crippen LogP contribution in [0.15, 0.2) is 53.5 Å². The van der Waals surface area contributed by atoms with Gasteiger partial charge < -0.3 is 20.1 Å². The van der Waals surface area contributed by atoms with E-state index in [1.54, 1.807) is 32.4 Å². The van der Waals surface area contributed by atoms with Gasteiger partial charge in [-0.2, -0.15) is 0 Å². The molecule has 2 aromatic carbocycles. The Morgan fingerprint density at radius 2 is 1.87 bits per heavy atom. The minimum Gasteiger partial charge on any atom is -0.497 e. The number of likely N-dealkylation sites (tertiary alicyclic amines) is 1. The van der Waals surface area contributed by atoms with Crippen LogP contribution in [0, 0.1) is 0 Å². The molecule has 0 bridgehead atoms. The van der Waals surface area contributed by atoms with Crippen molar-refractivity contribution in [3.8, 4) is 11.5 Å². The third-order valence-electron chi connectivity index (χ3n) is 5.67. The van der Waals surface area contributed by atoms with Crippen molar-refractivity contribution in [2.24, 2.45) is 4.99 Å². The first-order chi connectivity index (χ1) is 15.0. The van der Waals surface area contributed by atoms with Crippen LogP contribution in [0.2, 0.25) is 0 Å². The lowest BCUT2D eigenvalue weighted by Crippen LogP contribution is -2.52. The Bertz CT molecular complexity index is 998. The summed E-state index contributed by atoms with van der Waals surface area (Å²) in [6.45, 7) is 1.59. The maximum Gasteiger partial charge on any atom is 0.272 e. The summed E-state index contributed by atoms with van der Waals surface area (Å²) in [7, 11) is 3.13. The van der Waals surface area contributed by atoms with Gasteiger partial charge >= 0.3 is 0 Å². The predicted molar refractivity (Wildman–Crippen MR) is 118 cm³/mol. The zero-order valence-corrected chi connectivity index (χ0v) is 17.7. The van der Waals surface area contributed by atoms with Crippen LogP contribution in [0.5, 0.6) is 11.5 Å². The van der Waals surface area contributed by atoms with Gasteiger partial charge in [-0.05, 0) is 12.1 Å². The Labute approximate surface area is 181 Å². The molecule has 0 unspecified atom stereocenters. The Balaban J connectivity index is 1.35. The molecule has 1 spiro atoms. The van der Waals surface area contributed by atoms with E-state index >= 15 is 0 Å². The van der Waals surface area contributed by atoms with E-state index in [0.29, 0.717) is 48.8 Å². The van der Waals surface area contributed by atoms with Gasteiger partial charge in [0.1, 0.15) is 22.9 Å². The van der Waals surface area contributed by atoms with Crippen molar-refractivity contribution in [3.05, 3.63) is 54.1 Å². The third-order valence-corrected chi connectivity index (χ3v) is 5.67. The number of anilines is 1. The van der Waals surface area contributed by atoms with Crippen molar-refractivity contribution in [3.63, 3.8) is 0 Å². The summed E-state index contributed by atoms with van der Waals surface area (Å²) in [6.07, 6.45) is 1.32. The number of ether oxygens (including phenoxy) is 2. The first-order valence-electron chi connectivity index (χ1n) is 10.2. The van der Waals surface area contributed by atoms with Gasteiger partial charge in [0.2, 0.25) is 5.91 Å². The average Bonchev–Trinajstić information content (AvgIpc) is 3.12. The molecule has 0 aromatic heterocycles. The molecule has 2 aliphatic rings. The molecule has 162 valence electrons. The lowest BCUT2D eigenvalue weighted by atomic mass is 9.98. The molecule has 0 radical (unpaired) electrons. The van der Waals surface area contributed by atoms with Crippen LogP contribution in [0.3, 0.4) is 0 Å². The summed E-state index contributed by atoms with van der Waals surface area (Å²) in [5.41, 5.74) is 1.33. The van der Waals surface area contributed by atoms with Gasteiger partial charge in [0.05, 0.1) is 26.5 Å². The summed E-state index contributed by atoms with van der Waals surface area (Å²) in [5, 5.41) is 5.96. The Morgan fingerprint density at radius 3 is 2.55 bits per heavy atom. The molecule has 1 fully saturated rings. The number of carbonyl (C=O) groups is 2. The molecule has 2 heterocycles. The van der Waals surface area contributed by atoms with E-state index in [9.17, 15) is 9.59 Å². The monoisotopic (exact) mass is 422 g/mol. The highest BCUT2D eigenvalue weighted by Crippen LogP contribution is 2.30. The normalized spacial score (nSPS) is 17.7. The molecular weight excluding hydrogens is 396 g/mol. The maximum absolute atomic E-state index is 12.6. The minimum atomic E-state index is -0.575. The van der Waals surface area contributed by atoms with Crippen LogP contribution in [0.1, 0.15) is 18.4 Å². The Morgan fingerprint density at radius 1 is 1.13 bits per heavy atom. The molecule has 2 aromatic rings. The van der Waals surface area contributed by atoms with Gasteiger partial charge in [0.25, 0.3) is 5.91 Å². The second kappa shape index (κ2) is 8.77. The number of methoxy groups -OCH3 is 2. The zero-order chi connectivity index (χ0) is 21.8. The number of hydrogen-bond acceptors (Lipinski definition) is 6. The van der Waals surface area contributed by atoms with Crippen molar-refractivity contribution in [1.29, 1.82) is 0 Å². The highest BCUT2D eigenvalue weighted by molar-refractivity contribution is 6.46. The average molecular weight is 422 g/mol. The van der Waals surface area contributed by atoms with E-state index in [-0.39, 0.29) is 18.4 Å². The van der Waals surface area contributed by atoms with Crippen molar-refractivity contribution in [1.82, 2.24) is 10.2 Å². The number of hydrogen-bond donors (Lipinski definition) is 2. The SMILES string of the molecule is COc1ccc(NC(=O)CN2CCC3(CC2)N=C(c2ccccc2)C(=O)N3)c(OC)c1. The van der Waals surface area contributed by atoms with Crippen molar-refractivity contribution >= 4 is 23.2 Å². The molecule has 8 nitrogen and oxygen atoms in total. The first-order valence-corrected chi connectivity index (χ1v) is 10.2. The maximum atomic E-state index is 12.6. The fourth-order valence-electron chi connectivity index (χ4n) is 3.97. The van der Waals surface area contributed by atoms with E-state index in [4.69, 9.17) is 14.5 Å². The van der Waals surface area contributed by atoms with Crippen molar-refractivity contribution in [2.75, 3.05) is 39.2 Å². The molecule has 0 aliphatic carbocycles. The zero-order valence-electron chi connectivity index (χ0n) is 17.7. The van der Waals surface area contributed by atoms with E-state index in [1.165, 1.54) is 0 Å². The number of nitrogens with one attached hydrogen (secondary N) is 2. The molecule has 31 heavy (non-hydrogen) atoms. The van der Waals surface area contributed by atoms with Gasteiger partial charge in [-0.25, -0.2) is 0 Å².